The Bertz CT molecular complexity index is 2940. The van der Waals surface area contributed by atoms with Crippen LogP contribution in [0.2, 0.25) is 0 Å². The fourth-order valence-electron chi connectivity index (χ4n) is 7.29. The van der Waals surface area contributed by atoms with Gasteiger partial charge in [0.15, 0.2) is 0 Å². The third kappa shape index (κ3) is 3.45. The number of hydrogen-bond acceptors (Lipinski definition) is 3. The van der Waals surface area contributed by atoms with Gasteiger partial charge in [-0.3, -0.25) is 4.57 Å². The van der Waals surface area contributed by atoms with E-state index < -0.39 is 0 Å². The standard InChI is InChI=1S/C42H23N3O/c43-24-25-13-17-36-33(21-25)34-23-29(14-18-37(34)45(36)39-20-16-27-8-3-6-12-35(27)44-39)32-22-28-9-2-5-11-31(28)41-40-30-10-4-1-7-26(30)15-19-38(40)46-42(32)41/h1-23H. The predicted octanol–water partition coefficient (Wildman–Crippen LogP) is 11.1. The van der Waals surface area contributed by atoms with Gasteiger partial charge in [0.2, 0.25) is 0 Å². The van der Waals surface area contributed by atoms with Crippen molar-refractivity contribution >= 4 is 76.2 Å². The first kappa shape index (κ1) is 24.9. The summed E-state index contributed by atoms with van der Waals surface area (Å²) in [6, 6.07) is 50.7. The molecule has 0 spiro atoms. The van der Waals surface area contributed by atoms with Crippen molar-refractivity contribution in [3.63, 3.8) is 0 Å². The van der Waals surface area contributed by atoms with Gasteiger partial charge in [0.25, 0.3) is 0 Å². The number of nitriles is 1. The highest BCUT2D eigenvalue weighted by Gasteiger charge is 2.20. The fraction of sp³-hybridized carbons (Fsp3) is 0. The number of aromatic nitrogens is 2. The monoisotopic (exact) mass is 585 g/mol. The number of pyridine rings is 1. The largest absolute Gasteiger partial charge is 0.455 e. The highest BCUT2D eigenvalue weighted by Crippen LogP contribution is 2.44. The van der Waals surface area contributed by atoms with E-state index in [4.69, 9.17) is 9.40 Å². The van der Waals surface area contributed by atoms with Gasteiger partial charge in [0.1, 0.15) is 17.0 Å². The van der Waals surface area contributed by atoms with E-state index in [0.717, 1.165) is 77.0 Å². The molecule has 0 saturated carbocycles. The lowest BCUT2D eigenvalue weighted by Gasteiger charge is -2.10. The van der Waals surface area contributed by atoms with Crippen LogP contribution in [0.1, 0.15) is 5.56 Å². The Balaban J connectivity index is 1.30. The molecule has 4 heteroatoms. The number of nitrogens with zero attached hydrogens (tertiary/aromatic N) is 3. The van der Waals surface area contributed by atoms with Crippen LogP contribution in [0.4, 0.5) is 0 Å². The van der Waals surface area contributed by atoms with Crippen LogP contribution < -0.4 is 0 Å². The van der Waals surface area contributed by atoms with Gasteiger partial charge < -0.3 is 4.42 Å². The van der Waals surface area contributed by atoms with E-state index in [1.165, 1.54) is 16.2 Å². The Morgan fingerprint density at radius 3 is 2.11 bits per heavy atom. The minimum Gasteiger partial charge on any atom is -0.455 e. The Labute approximate surface area is 263 Å². The lowest BCUT2D eigenvalue weighted by atomic mass is 9.94. The fourth-order valence-corrected chi connectivity index (χ4v) is 7.29. The molecule has 0 atom stereocenters. The molecule has 212 valence electrons. The van der Waals surface area contributed by atoms with Gasteiger partial charge in [-0.25, -0.2) is 4.98 Å². The molecule has 0 bridgehead atoms. The second-order valence-electron chi connectivity index (χ2n) is 11.9. The molecule has 3 heterocycles. The first-order chi connectivity index (χ1) is 22.7. The van der Waals surface area contributed by atoms with Crippen LogP contribution in [-0.4, -0.2) is 9.55 Å². The van der Waals surface area contributed by atoms with Gasteiger partial charge in [-0.2, -0.15) is 5.26 Å². The molecule has 0 saturated heterocycles. The van der Waals surface area contributed by atoms with E-state index >= 15 is 0 Å². The maximum Gasteiger partial charge on any atom is 0.143 e. The van der Waals surface area contributed by atoms with Crippen LogP contribution in [0.5, 0.6) is 0 Å². The Morgan fingerprint density at radius 2 is 1.26 bits per heavy atom. The zero-order valence-electron chi connectivity index (χ0n) is 24.5. The average molecular weight is 586 g/mol. The van der Waals surface area contributed by atoms with Crippen molar-refractivity contribution in [1.82, 2.24) is 9.55 Å². The highest BCUT2D eigenvalue weighted by molar-refractivity contribution is 6.29. The Morgan fingerprint density at radius 1 is 0.565 bits per heavy atom. The first-order valence-electron chi connectivity index (χ1n) is 15.4. The molecule has 0 fully saturated rings. The summed E-state index contributed by atoms with van der Waals surface area (Å²) in [6.45, 7) is 0. The SMILES string of the molecule is N#Cc1ccc2c(c1)c1cc(-c3cc4ccccc4c4c3oc3ccc5ccccc5c34)ccc1n2-c1ccc2ccccc2n1. The average Bonchev–Trinajstić information content (AvgIpc) is 3.67. The smallest absolute Gasteiger partial charge is 0.143 e. The minimum atomic E-state index is 0.626. The molecule has 10 aromatic rings. The minimum absolute atomic E-state index is 0.626. The van der Waals surface area contributed by atoms with Crippen LogP contribution in [0.15, 0.2) is 144 Å². The van der Waals surface area contributed by atoms with Gasteiger partial charge in [-0.1, -0.05) is 78.9 Å². The van der Waals surface area contributed by atoms with E-state index in [-0.39, 0.29) is 0 Å². The number of furan rings is 1. The van der Waals surface area contributed by atoms with Crippen LogP contribution in [0.3, 0.4) is 0 Å². The second-order valence-corrected chi connectivity index (χ2v) is 11.9. The van der Waals surface area contributed by atoms with Crippen LogP contribution in [0, 0.1) is 11.3 Å². The summed E-state index contributed by atoms with van der Waals surface area (Å²) in [6.07, 6.45) is 0. The van der Waals surface area contributed by atoms with Crippen LogP contribution >= 0.6 is 0 Å². The maximum absolute atomic E-state index is 9.83. The summed E-state index contributed by atoms with van der Waals surface area (Å²) in [5.41, 5.74) is 7.46. The molecular formula is C42H23N3O. The third-order valence-corrected chi connectivity index (χ3v) is 9.37. The summed E-state index contributed by atoms with van der Waals surface area (Å²) in [4.78, 5) is 5.05. The van der Waals surface area contributed by atoms with E-state index in [2.05, 4.69) is 114 Å². The second kappa shape index (κ2) is 9.28. The lowest BCUT2D eigenvalue weighted by molar-refractivity contribution is 0.670. The summed E-state index contributed by atoms with van der Waals surface area (Å²) in [5, 5.41) is 20.0. The molecule has 0 aliphatic rings. The molecular weight excluding hydrogens is 562 g/mol. The van der Waals surface area contributed by atoms with Crippen LogP contribution in [-0.2, 0) is 0 Å². The number of hydrogen-bond donors (Lipinski definition) is 0. The van der Waals surface area contributed by atoms with E-state index in [9.17, 15) is 5.26 Å². The Kier molecular flexibility index (Phi) is 5.03. The molecule has 0 aliphatic heterocycles. The Hall–Kier alpha value is -6.44. The summed E-state index contributed by atoms with van der Waals surface area (Å²) >= 11 is 0. The molecule has 0 N–H and O–H groups in total. The number of fused-ring (bicyclic) bond motifs is 11. The molecule has 0 amide bonds. The number of rotatable bonds is 2. The molecule has 0 unspecified atom stereocenters. The van der Waals surface area contributed by atoms with E-state index in [1.54, 1.807) is 0 Å². The van der Waals surface area contributed by atoms with Gasteiger partial charge in [0.05, 0.1) is 28.2 Å². The zero-order valence-corrected chi connectivity index (χ0v) is 24.5. The molecule has 3 aromatic heterocycles. The third-order valence-electron chi connectivity index (χ3n) is 9.37. The van der Waals surface area contributed by atoms with Crippen molar-refractivity contribution < 1.29 is 4.42 Å². The predicted molar refractivity (Wildman–Crippen MR) is 189 cm³/mol. The first-order valence-corrected chi connectivity index (χ1v) is 15.4. The lowest BCUT2D eigenvalue weighted by Crippen LogP contribution is -1.97. The molecule has 10 rings (SSSR count). The zero-order chi connectivity index (χ0) is 30.4. The van der Waals surface area contributed by atoms with E-state index in [0.29, 0.717) is 5.56 Å². The van der Waals surface area contributed by atoms with Gasteiger partial charge >= 0.3 is 0 Å². The quantitative estimate of drug-likeness (QED) is 0.203. The molecule has 0 radical (unpaired) electrons. The van der Waals surface area contributed by atoms with Crippen molar-refractivity contribution in [2.75, 3.05) is 0 Å². The number of benzene rings is 7. The molecule has 46 heavy (non-hydrogen) atoms. The maximum atomic E-state index is 9.83. The number of para-hydroxylation sites is 1. The van der Waals surface area contributed by atoms with Crippen molar-refractivity contribution in [2.45, 2.75) is 0 Å². The van der Waals surface area contributed by atoms with E-state index in [1.807, 2.05) is 36.4 Å². The van der Waals surface area contributed by atoms with Crippen molar-refractivity contribution in [2.24, 2.45) is 0 Å². The summed E-state index contributed by atoms with van der Waals surface area (Å²) in [5.74, 6) is 0.841. The normalized spacial score (nSPS) is 11.9. The van der Waals surface area contributed by atoms with Gasteiger partial charge in [-0.15, -0.1) is 0 Å². The van der Waals surface area contributed by atoms with Gasteiger partial charge in [-0.05, 0) is 87.8 Å². The molecule has 4 nitrogen and oxygen atoms in total. The van der Waals surface area contributed by atoms with Crippen molar-refractivity contribution in [3.8, 4) is 23.0 Å². The molecule has 0 aliphatic carbocycles. The van der Waals surface area contributed by atoms with Gasteiger partial charge in [0, 0.05) is 32.5 Å². The highest BCUT2D eigenvalue weighted by atomic mass is 16.3. The topological polar surface area (TPSA) is 54.8 Å². The summed E-state index contributed by atoms with van der Waals surface area (Å²) < 4.78 is 8.95. The summed E-state index contributed by atoms with van der Waals surface area (Å²) in [7, 11) is 0. The molecule has 7 aromatic carbocycles. The van der Waals surface area contributed by atoms with Crippen molar-refractivity contribution in [1.29, 1.82) is 5.26 Å². The van der Waals surface area contributed by atoms with Crippen LogP contribution in [0.25, 0.3) is 93.1 Å². The van der Waals surface area contributed by atoms with Crippen molar-refractivity contribution in [3.05, 3.63) is 145 Å².